The van der Waals surface area contributed by atoms with Crippen molar-refractivity contribution in [2.45, 2.75) is 19.4 Å². The summed E-state index contributed by atoms with van der Waals surface area (Å²) >= 11 is 8.29. The maximum atomic E-state index is 5.99. The highest BCUT2D eigenvalue weighted by atomic mass is 127. The Kier molecular flexibility index (Phi) is 5.54. The Balaban J connectivity index is 2.19. The number of hydrogen-bond acceptors (Lipinski definition) is 2. The van der Waals surface area contributed by atoms with E-state index in [1.165, 1.54) is 5.56 Å². The number of hydrogen-bond donors (Lipinski definition) is 1. The molecule has 0 radical (unpaired) electrons. The van der Waals surface area contributed by atoms with Gasteiger partial charge in [0.1, 0.15) is 5.75 Å². The van der Waals surface area contributed by atoms with Gasteiger partial charge in [-0.1, -0.05) is 30.7 Å². The lowest BCUT2D eigenvalue weighted by atomic mass is 10.0. The maximum absolute atomic E-state index is 5.99. The van der Waals surface area contributed by atoms with Gasteiger partial charge in [-0.2, -0.15) is 0 Å². The van der Waals surface area contributed by atoms with Crippen LogP contribution in [0.4, 0.5) is 5.69 Å². The van der Waals surface area contributed by atoms with Crippen LogP contribution in [-0.4, -0.2) is 7.11 Å². The van der Waals surface area contributed by atoms with E-state index < -0.39 is 0 Å². The van der Waals surface area contributed by atoms with Gasteiger partial charge in [-0.3, -0.25) is 0 Å². The summed E-state index contributed by atoms with van der Waals surface area (Å²) in [4.78, 5) is 0. The van der Waals surface area contributed by atoms with Gasteiger partial charge >= 0.3 is 0 Å². The van der Waals surface area contributed by atoms with Crippen molar-refractivity contribution < 1.29 is 4.74 Å². The fourth-order valence-electron chi connectivity index (χ4n) is 2.05. The number of methoxy groups -OCH3 is 1. The minimum Gasteiger partial charge on any atom is -0.497 e. The minimum atomic E-state index is 0.274. The molecule has 0 bridgehead atoms. The zero-order chi connectivity index (χ0) is 14.5. The lowest BCUT2D eigenvalue weighted by Gasteiger charge is -2.20. The van der Waals surface area contributed by atoms with Crippen molar-refractivity contribution in [2.24, 2.45) is 0 Å². The molecule has 0 aromatic heterocycles. The van der Waals surface area contributed by atoms with Crippen molar-refractivity contribution in [3.8, 4) is 5.75 Å². The summed E-state index contributed by atoms with van der Waals surface area (Å²) in [5.74, 6) is 0.879. The first kappa shape index (κ1) is 15.4. The number of benzene rings is 2. The largest absolute Gasteiger partial charge is 0.497 e. The second-order valence-corrected chi connectivity index (χ2v) is 6.10. The van der Waals surface area contributed by atoms with E-state index >= 15 is 0 Å². The molecule has 1 unspecified atom stereocenters. The SMILES string of the molecule is CCC(Nc1ccc(Cl)cc1I)c1ccc(OC)cc1. The highest BCUT2D eigenvalue weighted by molar-refractivity contribution is 14.1. The molecule has 0 saturated carbocycles. The Labute approximate surface area is 138 Å². The van der Waals surface area contributed by atoms with Gasteiger partial charge in [0.25, 0.3) is 0 Å². The molecule has 0 fully saturated rings. The van der Waals surface area contributed by atoms with Gasteiger partial charge in [0.05, 0.1) is 13.2 Å². The van der Waals surface area contributed by atoms with E-state index in [1.54, 1.807) is 7.11 Å². The molecule has 2 nitrogen and oxygen atoms in total. The molecule has 2 rings (SSSR count). The Hall–Kier alpha value is -0.940. The molecular weight excluding hydrogens is 385 g/mol. The number of anilines is 1. The first-order valence-corrected chi connectivity index (χ1v) is 7.95. The summed E-state index contributed by atoms with van der Waals surface area (Å²) < 4.78 is 6.32. The van der Waals surface area contributed by atoms with Crippen molar-refractivity contribution >= 4 is 39.9 Å². The molecular formula is C16H17ClINO. The Morgan fingerprint density at radius 1 is 1.20 bits per heavy atom. The lowest BCUT2D eigenvalue weighted by molar-refractivity contribution is 0.414. The molecule has 2 aromatic rings. The number of rotatable bonds is 5. The van der Waals surface area contributed by atoms with Crippen LogP contribution in [0.5, 0.6) is 5.75 Å². The van der Waals surface area contributed by atoms with Gasteiger partial charge in [-0.25, -0.2) is 0 Å². The fourth-order valence-corrected chi connectivity index (χ4v) is 3.08. The summed E-state index contributed by atoms with van der Waals surface area (Å²) in [6, 6.07) is 14.4. The second kappa shape index (κ2) is 7.18. The zero-order valence-electron chi connectivity index (χ0n) is 11.5. The van der Waals surface area contributed by atoms with Crippen molar-refractivity contribution in [3.05, 3.63) is 56.6 Å². The topological polar surface area (TPSA) is 21.3 Å². The molecule has 0 aliphatic heterocycles. The third kappa shape index (κ3) is 3.79. The first-order valence-electron chi connectivity index (χ1n) is 6.49. The second-order valence-electron chi connectivity index (χ2n) is 4.50. The van der Waals surface area contributed by atoms with Crippen LogP contribution in [0.15, 0.2) is 42.5 Å². The normalized spacial score (nSPS) is 12.0. The van der Waals surface area contributed by atoms with Gasteiger partial charge in [-0.05, 0) is 64.9 Å². The molecule has 0 aliphatic rings. The van der Waals surface area contributed by atoms with Crippen LogP contribution < -0.4 is 10.1 Å². The Morgan fingerprint density at radius 3 is 2.45 bits per heavy atom. The molecule has 0 heterocycles. The quantitative estimate of drug-likeness (QED) is 0.666. The summed E-state index contributed by atoms with van der Waals surface area (Å²) in [5, 5.41) is 4.33. The molecule has 0 saturated heterocycles. The molecule has 1 atom stereocenters. The smallest absolute Gasteiger partial charge is 0.118 e. The molecule has 106 valence electrons. The van der Waals surface area contributed by atoms with E-state index in [-0.39, 0.29) is 6.04 Å². The molecule has 0 spiro atoms. The average molecular weight is 402 g/mol. The van der Waals surface area contributed by atoms with Gasteiger partial charge < -0.3 is 10.1 Å². The van der Waals surface area contributed by atoms with Gasteiger partial charge in [-0.15, -0.1) is 0 Å². The standard InChI is InChI=1S/C16H17ClINO/c1-3-15(11-4-7-13(20-2)8-5-11)19-16-9-6-12(17)10-14(16)18/h4-10,15,19H,3H2,1-2H3. The highest BCUT2D eigenvalue weighted by Gasteiger charge is 2.11. The molecule has 1 N–H and O–H groups in total. The lowest BCUT2D eigenvalue weighted by Crippen LogP contribution is -2.10. The van der Waals surface area contributed by atoms with Crippen molar-refractivity contribution in [1.82, 2.24) is 0 Å². The van der Waals surface area contributed by atoms with E-state index in [4.69, 9.17) is 16.3 Å². The molecule has 2 aromatic carbocycles. The maximum Gasteiger partial charge on any atom is 0.118 e. The fraction of sp³-hybridized carbons (Fsp3) is 0.250. The Bertz CT molecular complexity index is 571. The highest BCUT2D eigenvalue weighted by Crippen LogP contribution is 2.28. The van der Waals surface area contributed by atoms with Crippen molar-refractivity contribution in [2.75, 3.05) is 12.4 Å². The molecule has 20 heavy (non-hydrogen) atoms. The van der Waals surface area contributed by atoms with Crippen LogP contribution in [0.25, 0.3) is 0 Å². The van der Waals surface area contributed by atoms with Crippen LogP contribution >= 0.6 is 34.2 Å². The van der Waals surface area contributed by atoms with Crippen molar-refractivity contribution in [3.63, 3.8) is 0 Å². The van der Waals surface area contributed by atoms with E-state index in [0.717, 1.165) is 26.5 Å². The van der Waals surface area contributed by atoms with Crippen LogP contribution in [0.3, 0.4) is 0 Å². The number of halogens is 2. The predicted molar refractivity (Wildman–Crippen MR) is 93.8 cm³/mol. The van der Waals surface area contributed by atoms with E-state index in [1.807, 2.05) is 30.3 Å². The number of ether oxygens (including phenoxy) is 1. The number of nitrogens with one attached hydrogen (secondary N) is 1. The monoisotopic (exact) mass is 401 g/mol. The average Bonchev–Trinajstić information content (AvgIpc) is 2.47. The van der Waals surface area contributed by atoms with Crippen LogP contribution in [0.2, 0.25) is 5.02 Å². The van der Waals surface area contributed by atoms with Gasteiger partial charge in [0.15, 0.2) is 0 Å². The van der Waals surface area contributed by atoms with E-state index in [2.05, 4.69) is 47.0 Å². The zero-order valence-corrected chi connectivity index (χ0v) is 14.4. The third-order valence-electron chi connectivity index (χ3n) is 3.19. The van der Waals surface area contributed by atoms with E-state index in [0.29, 0.717) is 0 Å². The summed E-state index contributed by atoms with van der Waals surface area (Å²) in [7, 11) is 1.68. The van der Waals surface area contributed by atoms with Crippen LogP contribution in [0, 0.1) is 3.57 Å². The summed E-state index contributed by atoms with van der Waals surface area (Å²) in [6.45, 7) is 2.17. The van der Waals surface area contributed by atoms with Gasteiger partial charge in [0, 0.05) is 14.3 Å². The predicted octanol–water partition coefficient (Wildman–Crippen LogP) is 5.52. The Morgan fingerprint density at radius 2 is 1.90 bits per heavy atom. The van der Waals surface area contributed by atoms with Crippen molar-refractivity contribution in [1.29, 1.82) is 0 Å². The molecule has 4 heteroatoms. The summed E-state index contributed by atoms with van der Waals surface area (Å²) in [5.41, 5.74) is 2.36. The summed E-state index contributed by atoms with van der Waals surface area (Å²) in [6.07, 6.45) is 1.00. The van der Waals surface area contributed by atoms with Gasteiger partial charge in [0.2, 0.25) is 0 Å². The molecule has 0 amide bonds. The first-order chi connectivity index (χ1) is 9.63. The third-order valence-corrected chi connectivity index (χ3v) is 4.31. The van der Waals surface area contributed by atoms with E-state index in [9.17, 15) is 0 Å². The minimum absolute atomic E-state index is 0.274. The van der Waals surface area contributed by atoms with Crippen LogP contribution in [0.1, 0.15) is 24.9 Å². The molecule has 0 aliphatic carbocycles. The van der Waals surface area contributed by atoms with Crippen LogP contribution in [-0.2, 0) is 0 Å².